The Hall–Kier alpha value is -1.94. The molecule has 0 atom stereocenters. The second-order valence-electron chi connectivity index (χ2n) is 5.24. The standard InChI is InChI=1S/C15H8ClF6N3S/c16-11-5-10(15(20,21)22)6-25-12(11)23-24-13(25)26-7-8-2-1-3-9(4-8)14(17,18)19/h1-6H,7H2. The molecule has 2 aromatic heterocycles. The smallest absolute Gasteiger partial charge is 0.276 e. The Morgan fingerprint density at radius 3 is 2.31 bits per heavy atom. The maximum Gasteiger partial charge on any atom is 0.417 e. The average molecular weight is 412 g/mol. The van der Waals surface area contributed by atoms with E-state index in [1.54, 1.807) is 0 Å². The molecule has 0 saturated heterocycles. The molecule has 3 aromatic rings. The van der Waals surface area contributed by atoms with Crippen molar-refractivity contribution in [1.29, 1.82) is 0 Å². The number of benzene rings is 1. The van der Waals surface area contributed by atoms with Gasteiger partial charge in [-0.3, -0.25) is 4.40 Å². The molecular weight excluding hydrogens is 404 g/mol. The predicted molar refractivity (Wildman–Crippen MR) is 84.0 cm³/mol. The van der Waals surface area contributed by atoms with E-state index in [4.69, 9.17) is 11.6 Å². The zero-order chi connectivity index (χ0) is 19.1. The van der Waals surface area contributed by atoms with Crippen molar-refractivity contribution in [3.8, 4) is 0 Å². The molecule has 26 heavy (non-hydrogen) atoms. The average Bonchev–Trinajstić information content (AvgIpc) is 2.95. The fourth-order valence-corrected chi connectivity index (χ4v) is 3.27. The minimum Gasteiger partial charge on any atom is -0.276 e. The quantitative estimate of drug-likeness (QED) is 0.408. The van der Waals surface area contributed by atoms with E-state index in [0.717, 1.165) is 40.6 Å². The van der Waals surface area contributed by atoms with E-state index in [2.05, 4.69) is 10.2 Å². The van der Waals surface area contributed by atoms with E-state index in [1.165, 1.54) is 12.1 Å². The van der Waals surface area contributed by atoms with Gasteiger partial charge in [-0.1, -0.05) is 41.6 Å². The highest BCUT2D eigenvalue weighted by atomic mass is 35.5. The summed E-state index contributed by atoms with van der Waals surface area (Å²) in [6.07, 6.45) is -8.28. The van der Waals surface area contributed by atoms with Crippen LogP contribution in [-0.2, 0) is 18.1 Å². The van der Waals surface area contributed by atoms with Crippen molar-refractivity contribution in [2.75, 3.05) is 0 Å². The van der Waals surface area contributed by atoms with Crippen molar-refractivity contribution in [3.63, 3.8) is 0 Å². The summed E-state index contributed by atoms with van der Waals surface area (Å²) in [6, 6.07) is 5.41. The van der Waals surface area contributed by atoms with Crippen LogP contribution in [0.1, 0.15) is 16.7 Å². The monoisotopic (exact) mass is 411 g/mol. The largest absolute Gasteiger partial charge is 0.417 e. The Morgan fingerprint density at radius 2 is 1.65 bits per heavy atom. The normalized spacial score (nSPS) is 12.7. The van der Waals surface area contributed by atoms with Crippen LogP contribution in [0, 0.1) is 0 Å². The molecule has 0 spiro atoms. The molecule has 0 aliphatic heterocycles. The van der Waals surface area contributed by atoms with Crippen LogP contribution in [0.4, 0.5) is 26.3 Å². The van der Waals surface area contributed by atoms with Crippen molar-refractivity contribution >= 4 is 29.0 Å². The van der Waals surface area contributed by atoms with Gasteiger partial charge in [-0.25, -0.2) is 0 Å². The lowest BCUT2D eigenvalue weighted by atomic mass is 10.1. The number of pyridine rings is 1. The van der Waals surface area contributed by atoms with Gasteiger partial charge in [0.25, 0.3) is 0 Å². The lowest BCUT2D eigenvalue weighted by molar-refractivity contribution is -0.138. The first-order valence-electron chi connectivity index (χ1n) is 6.96. The topological polar surface area (TPSA) is 30.2 Å². The van der Waals surface area contributed by atoms with Crippen molar-refractivity contribution in [2.45, 2.75) is 23.3 Å². The van der Waals surface area contributed by atoms with Gasteiger partial charge in [0.05, 0.1) is 16.1 Å². The fraction of sp³-hybridized carbons (Fsp3) is 0.200. The highest BCUT2D eigenvalue weighted by Crippen LogP contribution is 2.34. The number of fused-ring (bicyclic) bond motifs is 1. The summed E-state index contributed by atoms with van der Waals surface area (Å²) in [7, 11) is 0. The van der Waals surface area contributed by atoms with Crippen molar-refractivity contribution in [3.05, 3.63) is 58.2 Å². The number of alkyl halides is 6. The molecule has 3 rings (SSSR count). The number of hydrogen-bond acceptors (Lipinski definition) is 3. The number of thioether (sulfide) groups is 1. The summed E-state index contributed by atoms with van der Waals surface area (Å²) in [5, 5.41) is 7.36. The summed E-state index contributed by atoms with van der Waals surface area (Å²) in [4.78, 5) is 0. The molecular formula is C15H8ClF6N3S. The van der Waals surface area contributed by atoms with Gasteiger partial charge in [-0.05, 0) is 17.7 Å². The van der Waals surface area contributed by atoms with E-state index in [9.17, 15) is 26.3 Å². The van der Waals surface area contributed by atoms with Gasteiger partial charge in [0.1, 0.15) is 0 Å². The van der Waals surface area contributed by atoms with Crippen LogP contribution < -0.4 is 0 Å². The lowest BCUT2D eigenvalue weighted by Gasteiger charge is -2.09. The molecule has 0 aliphatic rings. The first-order chi connectivity index (χ1) is 12.1. The van der Waals surface area contributed by atoms with E-state index < -0.39 is 23.5 Å². The molecule has 138 valence electrons. The van der Waals surface area contributed by atoms with Crippen molar-refractivity contribution in [2.24, 2.45) is 0 Å². The van der Waals surface area contributed by atoms with Crippen LogP contribution in [0.3, 0.4) is 0 Å². The van der Waals surface area contributed by atoms with E-state index in [-0.39, 0.29) is 21.6 Å². The van der Waals surface area contributed by atoms with Crippen molar-refractivity contribution < 1.29 is 26.3 Å². The second-order valence-corrected chi connectivity index (χ2v) is 6.59. The molecule has 11 heteroatoms. The molecule has 0 N–H and O–H groups in total. The lowest BCUT2D eigenvalue weighted by Crippen LogP contribution is -2.07. The summed E-state index contributed by atoms with van der Waals surface area (Å²) >= 11 is 6.77. The molecule has 0 fully saturated rings. The highest BCUT2D eigenvalue weighted by Gasteiger charge is 2.32. The first-order valence-corrected chi connectivity index (χ1v) is 8.32. The molecule has 0 aliphatic carbocycles. The van der Waals surface area contributed by atoms with Crippen LogP contribution in [-0.4, -0.2) is 14.6 Å². The van der Waals surface area contributed by atoms with Gasteiger partial charge >= 0.3 is 12.4 Å². The Bertz CT molecular complexity index is 951. The predicted octanol–water partition coefficient (Wildman–Crippen LogP) is 5.71. The Morgan fingerprint density at radius 1 is 0.962 bits per heavy atom. The summed E-state index contributed by atoms with van der Waals surface area (Å²) in [5.74, 6) is 0.0680. The third kappa shape index (κ3) is 3.90. The zero-order valence-electron chi connectivity index (χ0n) is 12.6. The van der Waals surface area contributed by atoms with E-state index >= 15 is 0 Å². The van der Waals surface area contributed by atoms with Gasteiger partial charge in [0.15, 0.2) is 10.8 Å². The zero-order valence-corrected chi connectivity index (χ0v) is 14.1. The maximum atomic E-state index is 12.9. The molecule has 0 unspecified atom stereocenters. The van der Waals surface area contributed by atoms with Gasteiger partial charge < -0.3 is 0 Å². The number of halogens is 7. The molecule has 1 aromatic carbocycles. The molecule has 0 saturated carbocycles. The van der Waals surface area contributed by atoms with Crippen molar-refractivity contribution in [1.82, 2.24) is 14.6 Å². The summed E-state index contributed by atoms with van der Waals surface area (Å²) in [6.45, 7) is 0. The van der Waals surface area contributed by atoms with Crippen LogP contribution in [0.25, 0.3) is 5.65 Å². The number of rotatable bonds is 3. The number of nitrogens with zero attached hydrogens (tertiary/aromatic N) is 3. The maximum absolute atomic E-state index is 12.9. The molecule has 0 bridgehead atoms. The van der Waals surface area contributed by atoms with Crippen LogP contribution >= 0.6 is 23.4 Å². The Balaban J connectivity index is 1.89. The molecule has 2 heterocycles. The van der Waals surface area contributed by atoms with Crippen LogP contribution in [0.15, 0.2) is 41.7 Å². The molecule has 0 radical (unpaired) electrons. The van der Waals surface area contributed by atoms with E-state index in [0.29, 0.717) is 5.56 Å². The Labute approximate surface area is 152 Å². The SMILES string of the molecule is FC(F)(F)c1cccc(CSc2nnc3c(Cl)cc(C(F)(F)F)cn23)c1. The number of aromatic nitrogens is 3. The van der Waals surface area contributed by atoms with Crippen LogP contribution in [0.5, 0.6) is 0 Å². The molecule has 3 nitrogen and oxygen atoms in total. The first kappa shape index (κ1) is 18.8. The van der Waals surface area contributed by atoms with E-state index in [1.807, 2.05) is 0 Å². The highest BCUT2D eigenvalue weighted by molar-refractivity contribution is 7.98. The summed E-state index contributed by atoms with van der Waals surface area (Å²) < 4.78 is 78.0. The van der Waals surface area contributed by atoms with Gasteiger partial charge in [-0.2, -0.15) is 26.3 Å². The minimum absolute atomic E-state index is 0.0335. The molecule has 0 amide bonds. The second kappa shape index (κ2) is 6.66. The number of hydrogen-bond donors (Lipinski definition) is 0. The third-order valence-corrected chi connectivity index (χ3v) is 4.67. The Kier molecular flexibility index (Phi) is 4.82. The summed E-state index contributed by atoms with van der Waals surface area (Å²) in [5.41, 5.74) is -1.40. The minimum atomic E-state index is -4.61. The van der Waals surface area contributed by atoms with Gasteiger partial charge in [-0.15, -0.1) is 10.2 Å². The van der Waals surface area contributed by atoms with Gasteiger partial charge in [0.2, 0.25) is 0 Å². The fourth-order valence-electron chi connectivity index (χ4n) is 2.17. The van der Waals surface area contributed by atoms with Gasteiger partial charge in [0, 0.05) is 11.9 Å². The van der Waals surface area contributed by atoms with Crippen LogP contribution in [0.2, 0.25) is 5.02 Å². The third-order valence-electron chi connectivity index (χ3n) is 3.38.